The van der Waals surface area contributed by atoms with Gasteiger partial charge in [0.15, 0.2) is 5.16 Å². The van der Waals surface area contributed by atoms with Crippen LogP contribution in [0.2, 0.25) is 5.15 Å². The van der Waals surface area contributed by atoms with Crippen LogP contribution < -0.4 is 4.90 Å². The summed E-state index contributed by atoms with van der Waals surface area (Å²) in [7, 11) is 0. The van der Waals surface area contributed by atoms with Crippen LogP contribution in [-0.4, -0.2) is 60.2 Å². The van der Waals surface area contributed by atoms with Gasteiger partial charge in [0.25, 0.3) is 5.91 Å². The molecule has 2 aromatic rings. The molecule has 2 aliphatic rings. The van der Waals surface area contributed by atoms with E-state index in [1.54, 1.807) is 6.07 Å². The number of halogens is 1. The highest BCUT2D eigenvalue weighted by atomic mass is 35.5. The van der Waals surface area contributed by atoms with E-state index in [2.05, 4.69) is 14.9 Å². The van der Waals surface area contributed by atoms with Crippen LogP contribution in [0, 0.1) is 0 Å². The first-order chi connectivity index (χ1) is 14.2. The molecule has 154 valence electrons. The number of hydrogen-bond donors (Lipinski definition) is 0. The number of rotatable bonds is 5. The third-order valence-electron chi connectivity index (χ3n) is 5.18. The second-order valence-corrected chi connectivity index (χ2v) is 8.60. The number of benzene rings is 1. The standard InChI is InChI=1S/C21H25ClN4O2S/c22-18-14-19(25-9-11-28-12-10-25)24-21(23-18)29-15-16-5-4-6-17(13-16)20(27)26-7-2-1-3-8-26/h4-6,13-14H,1-3,7-12,15H2. The minimum Gasteiger partial charge on any atom is -0.378 e. The third kappa shape index (κ3) is 5.41. The lowest BCUT2D eigenvalue weighted by atomic mass is 10.1. The Kier molecular flexibility index (Phi) is 6.90. The molecule has 0 saturated carbocycles. The fourth-order valence-electron chi connectivity index (χ4n) is 3.63. The molecule has 1 amide bonds. The normalized spacial score (nSPS) is 17.4. The summed E-state index contributed by atoms with van der Waals surface area (Å²) in [5, 5.41) is 1.09. The molecule has 0 spiro atoms. The summed E-state index contributed by atoms with van der Waals surface area (Å²) in [4.78, 5) is 25.9. The van der Waals surface area contributed by atoms with Crippen molar-refractivity contribution in [3.05, 3.63) is 46.6 Å². The molecule has 0 bridgehead atoms. The van der Waals surface area contributed by atoms with Crippen molar-refractivity contribution < 1.29 is 9.53 Å². The number of aromatic nitrogens is 2. The number of carbonyl (C=O) groups is 1. The molecule has 2 fully saturated rings. The number of hydrogen-bond acceptors (Lipinski definition) is 6. The van der Waals surface area contributed by atoms with Crippen LogP contribution in [0.15, 0.2) is 35.5 Å². The molecule has 29 heavy (non-hydrogen) atoms. The molecule has 0 aliphatic carbocycles. The molecule has 0 N–H and O–H groups in total. The minimum atomic E-state index is 0.130. The number of nitrogens with zero attached hydrogens (tertiary/aromatic N) is 4. The zero-order valence-corrected chi connectivity index (χ0v) is 17.9. The van der Waals surface area contributed by atoms with Crippen LogP contribution in [0.3, 0.4) is 0 Å². The lowest BCUT2D eigenvalue weighted by molar-refractivity contribution is 0.0724. The molecule has 4 rings (SSSR count). The van der Waals surface area contributed by atoms with Gasteiger partial charge in [-0.25, -0.2) is 9.97 Å². The van der Waals surface area contributed by atoms with Crippen molar-refractivity contribution in [1.82, 2.24) is 14.9 Å². The highest BCUT2D eigenvalue weighted by Crippen LogP contribution is 2.25. The topological polar surface area (TPSA) is 58.6 Å². The second-order valence-electron chi connectivity index (χ2n) is 7.27. The monoisotopic (exact) mass is 432 g/mol. The first-order valence-electron chi connectivity index (χ1n) is 10.1. The molecule has 0 atom stereocenters. The Balaban J connectivity index is 1.42. The van der Waals surface area contributed by atoms with Crippen LogP contribution in [0.5, 0.6) is 0 Å². The molecular formula is C21H25ClN4O2S. The lowest BCUT2D eigenvalue weighted by Crippen LogP contribution is -2.36. The van der Waals surface area contributed by atoms with E-state index in [1.807, 2.05) is 29.2 Å². The van der Waals surface area contributed by atoms with Crippen LogP contribution >= 0.6 is 23.4 Å². The van der Waals surface area contributed by atoms with Gasteiger partial charge in [0.1, 0.15) is 11.0 Å². The highest BCUT2D eigenvalue weighted by molar-refractivity contribution is 7.98. The van der Waals surface area contributed by atoms with Gasteiger partial charge in [-0.05, 0) is 37.0 Å². The Morgan fingerprint density at radius 1 is 1.07 bits per heavy atom. The maximum absolute atomic E-state index is 12.8. The van der Waals surface area contributed by atoms with Crippen molar-refractivity contribution in [2.75, 3.05) is 44.3 Å². The van der Waals surface area contributed by atoms with Crippen LogP contribution in [0.1, 0.15) is 35.2 Å². The number of likely N-dealkylation sites (tertiary alicyclic amines) is 1. The van der Waals surface area contributed by atoms with E-state index in [0.29, 0.717) is 29.3 Å². The fourth-order valence-corrected chi connectivity index (χ4v) is 4.65. The van der Waals surface area contributed by atoms with Crippen molar-refractivity contribution in [3.63, 3.8) is 0 Å². The number of piperidine rings is 1. The highest BCUT2D eigenvalue weighted by Gasteiger charge is 2.19. The maximum atomic E-state index is 12.8. The van der Waals surface area contributed by atoms with Crippen LogP contribution in [-0.2, 0) is 10.5 Å². The minimum absolute atomic E-state index is 0.130. The van der Waals surface area contributed by atoms with Crippen molar-refractivity contribution in [3.8, 4) is 0 Å². The molecular weight excluding hydrogens is 408 g/mol. The van der Waals surface area contributed by atoms with Gasteiger partial charge in [-0.15, -0.1) is 0 Å². The van der Waals surface area contributed by atoms with Gasteiger partial charge in [-0.3, -0.25) is 4.79 Å². The van der Waals surface area contributed by atoms with Gasteiger partial charge in [0.2, 0.25) is 0 Å². The number of anilines is 1. The van der Waals surface area contributed by atoms with Gasteiger partial charge in [-0.1, -0.05) is 35.5 Å². The van der Waals surface area contributed by atoms with Gasteiger partial charge in [0, 0.05) is 43.6 Å². The largest absolute Gasteiger partial charge is 0.378 e. The smallest absolute Gasteiger partial charge is 0.253 e. The first-order valence-corrected chi connectivity index (χ1v) is 11.4. The van der Waals surface area contributed by atoms with Crippen molar-refractivity contribution in [2.24, 2.45) is 0 Å². The molecule has 1 aromatic carbocycles. The van der Waals surface area contributed by atoms with Gasteiger partial charge in [0.05, 0.1) is 13.2 Å². The van der Waals surface area contributed by atoms with Crippen LogP contribution in [0.25, 0.3) is 0 Å². The molecule has 3 heterocycles. The molecule has 6 nitrogen and oxygen atoms in total. The molecule has 2 aliphatic heterocycles. The van der Waals surface area contributed by atoms with Gasteiger partial charge >= 0.3 is 0 Å². The summed E-state index contributed by atoms with van der Waals surface area (Å²) in [6, 6.07) is 9.67. The summed E-state index contributed by atoms with van der Waals surface area (Å²) < 4.78 is 5.41. The average Bonchev–Trinajstić information content (AvgIpc) is 2.78. The summed E-state index contributed by atoms with van der Waals surface area (Å²) in [6.45, 7) is 4.72. The van der Waals surface area contributed by atoms with E-state index in [-0.39, 0.29) is 5.91 Å². The number of morpholine rings is 1. The zero-order valence-electron chi connectivity index (χ0n) is 16.3. The zero-order chi connectivity index (χ0) is 20.1. The van der Waals surface area contributed by atoms with Crippen molar-refractivity contribution in [2.45, 2.75) is 30.2 Å². The summed E-state index contributed by atoms with van der Waals surface area (Å²) in [6.07, 6.45) is 3.41. The molecule has 0 unspecified atom stereocenters. The first kappa shape index (κ1) is 20.4. The number of thioether (sulfide) groups is 1. The van der Waals surface area contributed by atoms with Crippen molar-refractivity contribution >= 4 is 35.1 Å². The lowest BCUT2D eigenvalue weighted by Gasteiger charge is -2.27. The summed E-state index contributed by atoms with van der Waals surface area (Å²) in [5.41, 5.74) is 1.83. The fraction of sp³-hybridized carbons (Fsp3) is 0.476. The van der Waals surface area contributed by atoms with E-state index in [4.69, 9.17) is 16.3 Å². The van der Waals surface area contributed by atoms with E-state index in [9.17, 15) is 4.79 Å². The van der Waals surface area contributed by atoms with Crippen LogP contribution in [0.4, 0.5) is 5.82 Å². The van der Waals surface area contributed by atoms with Crippen molar-refractivity contribution in [1.29, 1.82) is 0 Å². The third-order valence-corrected chi connectivity index (χ3v) is 6.29. The SMILES string of the molecule is O=C(c1cccc(CSc2nc(Cl)cc(N3CCOCC3)n2)c1)N1CCCCC1. The molecule has 0 radical (unpaired) electrons. The quantitative estimate of drug-likeness (QED) is 0.406. The summed E-state index contributed by atoms with van der Waals surface area (Å²) >= 11 is 7.76. The van der Waals surface area contributed by atoms with E-state index in [0.717, 1.165) is 56.0 Å². The van der Waals surface area contributed by atoms with Gasteiger partial charge < -0.3 is 14.5 Å². The van der Waals surface area contributed by atoms with E-state index in [1.165, 1.54) is 18.2 Å². The predicted octanol–water partition coefficient (Wildman–Crippen LogP) is 3.89. The maximum Gasteiger partial charge on any atom is 0.253 e. The Labute approximate surface area is 180 Å². The Morgan fingerprint density at radius 3 is 2.66 bits per heavy atom. The molecule has 2 saturated heterocycles. The number of carbonyl (C=O) groups excluding carboxylic acids is 1. The van der Waals surface area contributed by atoms with Gasteiger partial charge in [-0.2, -0.15) is 0 Å². The second kappa shape index (κ2) is 9.78. The molecule has 1 aromatic heterocycles. The number of amides is 1. The summed E-state index contributed by atoms with van der Waals surface area (Å²) in [5.74, 6) is 1.65. The predicted molar refractivity (Wildman–Crippen MR) is 116 cm³/mol. The van der Waals surface area contributed by atoms with E-state index < -0.39 is 0 Å². The number of ether oxygens (including phenoxy) is 1. The average molecular weight is 433 g/mol. The van der Waals surface area contributed by atoms with E-state index >= 15 is 0 Å². The molecule has 8 heteroatoms. The Hall–Kier alpha value is -1.83. The Bertz CT molecular complexity index is 854. The Morgan fingerprint density at radius 2 is 1.86 bits per heavy atom.